The van der Waals surface area contributed by atoms with Crippen molar-refractivity contribution in [1.82, 2.24) is 14.6 Å². The summed E-state index contributed by atoms with van der Waals surface area (Å²) in [4.78, 5) is 16.3. The second-order valence-corrected chi connectivity index (χ2v) is 8.52. The first-order valence-electron chi connectivity index (χ1n) is 11.3. The molecule has 7 nitrogen and oxygen atoms in total. The van der Waals surface area contributed by atoms with Gasteiger partial charge in [-0.1, -0.05) is 30.3 Å². The average molecular weight is 461 g/mol. The molecule has 0 saturated carbocycles. The number of aliphatic carboxylic acids is 1. The number of carboxylic acid groups (broad SMARTS) is 1. The summed E-state index contributed by atoms with van der Waals surface area (Å²) in [5, 5.41) is 17.6. The van der Waals surface area contributed by atoms with Crippen molar-refractivity contribution >= 4 is 17.4 Å². The number of benzene rings is 2. The lowest BCUT2D eigenvalue weighted by Gasteiger charge is -2.23. The number of ether oxygens (including phenoxy) is 1. The van der Waals surface area contributed by atoms with Gasteiger partial charge in [0.05, 0.1) is 18.7 Å². The summed E-state index contributed by atoms with van der Waals surface area (Å²) in [5.74, 6) is -0.544. The Morgan fingerprint density at radius 3 is 2.79 bits per heavy atom. The van der Waals surface area contributed by atoms with Gasteiger partial charge in [0, 0.05) is 35.0 Å². The number of fused-ring (bicyclic) bond motifs is 2. The number of halogens is 1. The highest BCUT2D eigenvalue weighted by molar-refractivity contribution is 5.79. The van der Waals surface area contributed by atoms with E-state index in [1.54, 1.807) is 11.4 Å². The molecular formula is C26H25FN4O3. The molecule has 34 heavy (non-hydrogen) atoms. The molecule has 3 heterocycles. The number of aromatic nitrogens is 3. The van der Waals surface area contributed by atoms with Crippen LogP contribution in [0.5, 0.6) is 5.75 Å². The van der Waals surface area contributed by atoms with Crippen LogP contribution in [0.25, 0.3) is 16.9 Å². The van der Waals surface area contributed by atoms with Gasteiger partial charge in [0.25, 0.3) is 0 Å². The van der Waals surface area contributed by atoms with Gasteiger partial charge in [-0.15, -0.1) is 5.10 Å². The SMILES string of the molecule is Cc1nc2cc(NCc3ccccc3)nn2c(-c2cc(F)c3c(c2C)CCCO3)c1CC(=O)O. The summed E-state index contributed by atoms with van der Waals surface area (Å²) < 4.78 is 22.3. The molecule has 0 fully saturated rings. The van der Waals surface area contributed by atoms with Gasteiger partial charge in [0.1, 0.15) is 0 Å². The van der Waals surface area contributed by atoms with Crippen molar-refractivity contribution in [2.24, 2.45) is 0 Å². The first-order chi connectivity index (χ1) is 16.4. The number of carbonyl (C=O) groups is 1. The molecule has 1 aliphatic rings. The van der Waals surface area contributed by atoms with E-state index >= 15 is 4.39 Å². The molecule has 0 saturated heterocycles. The zero-order valence-electron chi connectivity index (χ0n) is 19.1. The minimum absolute atomic E-state index is 0.245. The first kappa shape index (κ1) is 21.9. The number of aryl methyl sites for hydroxylation is 1. The summed E-state index contributed by atoms with van der Waals surface area (Å²) in [6.07, 6.45) is 1.26. The summed E-state index contributed by atoms with van der Waals surface area (Å²) >= 11 is 0. The molecular weight excluding hydrogens is 435 g/mol. The molecule has 0 atom stereocenters. The predicted octanol–water partition coefficient (Wildman–Crippen LogP) is 4.72. The zero-order chi connectivity index (χ0) is 23.8. The Morgan fingerprint density at radius 1 is 1.24 bits per heavy atom. The standard InChI is InChI=1S/C26H25FN4O3/c1-15-18-9-6-10-34-26(18)21(27)11-19(15)25-20(12-24(32)33)16(2)29-23-13-22(30-31(23)25)28-14-17-7-4-3-5-8-17/h3-5,7-8,11,13H,6,9-10,12,14H2,1-2H3,(H,28,30)(H,32,33). The fourth-order valence-corrected chi connectivity index (χ4v) is 4.57. The Hall–Kier alpha value is -3.94. The average Bonchev–Trinajstić information content (AvgIpc) is 3.23. The molecule has 1 aliphatic heterocycles. The van der Waals surface area contributed by atoms with Crippen LogP contribution in [0.3, 0.4) is 0 Å². The molecule has 2 N–H and O–H groups in total. The lowest BCUT2D eigenvalue weighted by molar-refractivity contribution is -0.136. The Balaban J connectivity index is 1.68. The van der Waals surface area contributed by atoms with Crippen molar-refractivity contribution in [3.05, 3.63) is 76.2 Å². The number of hydrogen-bond acceptors (Lipinski definition) is 5. The van der Waals surface area contributed by atoms with Crippen LogP contribution in [0.2, 0.25) is 0 Å². The van der Waals surface area contributed by atoms with Crippen molar-refractivity contribution in [3.63, 3.8) is 0 Å². The van der Waals surface area contributed by atoms with Gasteiger partial charge in [-0.25, -0.2) is 13.9 Å². The van der Waals surface area contributed by atoms with E-state index in [0.717, 1.165) is 23.1 Å². The Kier molecular flexibility index (Phi) is 5.65. The van der Waals surface area contributed by atoms with Crippen molar-refractivity contribution in [2.45, 2.75) is 39.7 Å². The molecule has 4 aromatic rings. The maximum Gasteiger partial charge on any atom is 0.307 e. The maximum absolute atomic E-state index is 15.1. The van der Waals surface area contributed by atoms with Crippen molar-refractivity contribution < 1.29 is 19.0 Å². The van der Waals surface area contributed by atoms with Gasteiger partial charge < -0.3 is 15.2 Å². The van der Waals surface area contributed by atoms with Gasteiger partial charge in [0.15, 0.2) is 23.0 Å². The van der Waals surface area contributed by atoms with Gasteiger partial charge in [-0.3, -0.25) is 4.79 Å². The summed E-state index contributed by atoms with van der Waals surface area (Å²) in [7, 11) is 0. The minimum atomic E-state index is -0.987. The molecule has 0 unspecified atom stereocenters. The molecule has 0 amide bonds. The first-order valence-corrected chi connectivity index (χ1v) is 11.3. The highest BCUT2D eigenvalue weighted by Crippen LogP contribution is 2.39. The third-order valence-electron chi connectivity index (χ3n) is 6.24. The largest absolute Gasteiger partial charge is 0.490 e. The van der Waals surface area contributed by atoms with Crippen molar-refractivity contribution in [3.8, 4) is 17.0 Å². The Morgan fingerprint density at radius 2 is 2.03 bits per heavy atom. The molecule has 174 valence electrons. The molecule has 0 radical (unpaired) electrons. The van der Waals surface area contributed by atoms with E-state index in [9.17, 15) is 9.90 Å². The smallest absolute Gasteiger partial charge is 0.307 e. The molecule has 0 aliphatic carbocycles. The molecule has 8 heteroatoms. The van der Waals surface area contributed by atoms with Crippen LogP contribution >= 0.6 is 0 Å². The third kappa shape index (κ3) is 3.96. The van der Waals surface area contributed by atoms with Crippen LogP contribution in [0.15, 0.2) is 42.5 Å². The van der Waals surface area contributed by atoms with E-state index in [1.165, 1.54) is 6.07 Å². The van der Waals surface area contributed by atoms with E-state index in [4.69, 9.17) is 9.84 Å². The van der Waals surface area contributed by atoms with Gasteiger partial charge in [-0.2, -0.15) is 0 Å². The Bertz CT molecular complexity index is 1400. The summed E-state index contributed by atoms with van der Waals surface area (Å²) in [6, 6.07) is 13.2. The molecule has 0 bridgehead atoms. The third-order valence-corrected chi connectivity index (χ3v) is 6.24. The van der Waals surface area contributed by atoms with Crippen LogP contribution in [-0.4, -0.2) is 32.3 Å². The number of hydrogen-bond donors (Lipinski definition) is 2. The van der Waals surface area contributed by atoms with Crippen molar-refractivity contribution in [1.29, 1.82) is 0 Å². The lowest BCUT2D eigenvalue weighted by atomic mass is 9.91. The fourth-order valence-electron chi connectivity index (χ4n) is 4.57. The van der Waals surface area contributed by atoms with E-state index in [-0.39, 0.29) is 6.42 Å². The van der Waals surface area contributed by atoms with E-state index in [2.05, 4.69) is 10.3 Å². The van der Waals surface area contributed by atoms with E-state index < -0.39 is 11.8 Å². The van der Waals surface area contributed by atoms with E-state index in [0.29, 0.717) is 59.3 Å². The maximum atomic E-state index is 15.1. The Labute approximate surface area is 196 Å². The highest BCUT2D eigenvalue weighted by atomic mass is 19.1. The molecule has 5 rings (SSSR count). The van der Waals surface area contributed by atoms with Crippen LogP contribution in [0, 0.1) is 19.7 Å². The number of nitrogens with one attached hydrogen (secondary N) is 1. The monoisotopic (exact) mass is 460 g/mol. The van der Waals surface area contributed by atoms with Gasteiger partial charge in [-0.05, 0) is 43.9 Å². The lowest BCUT2D eigenvalue weighted by Crippen LogP contribution is -2.14. The quantitative estimate of drug-likeness (QED) is 0.433. The normalized spacial score (nSPS) is 12.9. The summed E-state index contributed by atoms with van der Waals surface area (Å²) in [5.41, 5.74) is 5.58. The molecule has 2 aromatic carbocycles. The summed E-state index contributed by atoms with van der Waals surface area (Å²) in [6.45, 7) is 4.76. The molecule has 2 aromatic heterocycles. The van der Waals surface area contributed by atoms with Gasteiger partial charge in [0.2, 0.25) is 0 Å². The van der Waals surface area contributed by atoms with Gasteiger partial charge >= 0.3 is 5.97 Å². The topological polar surface area (TPSA) is 88.8 Å². The second kappa shape index (κ2) is 8.78. The number of anilines is 1. The highest BCUT2D eigenvalue weighted by Gasteiger charge is 2.26. The number of nitrogens with zero attached hydrogens (tertiary/aromatic N) is 3. The number of rotatable bonds is 6. The van der Waals surface area contributed by atoms with Crippen LogP contribution in [-0.2, 0) is 24.2 Å². The predicted molar refractivity (Wildman–Crippen MR) is 127 cm³/mol. The van der Waals surface area contributed by atoms with Crippen LogP contribution in [0.4, 0.5) is 10.2 Å². The van der Waals surface area contributed by atoms with Crippen LogP contribution < -0.4 is 10.1 Å². The minimum Gasteiger partial charge on any atom is -0.490 e. The van der Waals surface area contributed by atoms with Crippen LogP contribution in [0.1, 0.15) is 34.4 Å². The number of carboxylic acids is 1. The van der Waals surface area contributed by atoms with Crippen molar-refractivity contribution in [2.75, 3.05) is 11.9 Å². The fraction of sp³-hybridized carbons (Fsp3) is 0.269. The van der Waals surface area contributed by atoms with E-state index in [1.807, 2.05) is 43.3 Å². The zero-order valence-corrected chi connectivity index (χ0v) is 19.1. The second-order valence-electron chi connectivity index (χ2n) is 8.52. The molecule has 0 spiro atoms.